The van der Waals surface area contributed by atoms with Crippen molar-refractivity contribution in [3.05, 3.63) is 85.6 Å². The number of nitrogens with one attached hydrogen (secondary N) is 1. The minimum absolute atomic E-state index is 0.0208. The standard InChI is InChI=1S/C18H15BrN2O5/c19-9-8-13-10-21(18(24)20-16(13)22)15-7-6-14(26-15)11-25-17(23)12-4-2-1-3-5-12/h1-10,14-15H,11H2,(H,20,22,24)/b9-8+/t14-,15+/m0/s1. The second kappa shape index (κ2) is 8.11. The molecule has 2 aromatic rings. The molecule has 3 rings (SSSR count). The van der Waals surface area contributed by atoms with E-state index in [1.54, 1.807) is 36.4 Å². The largest absolute Gasteiger partial charge is 0.459 e. The van der Waals surface area contributed by atoms with Crippen LogP contribution in [0.15, 0.2) is 63.3 Å². The van der Waals surface area contributed by atoms with E-state index in [2.05, 4.69) is 20.9 Å². The molecule has 0 saturated heterocycles. The van der Waals surface area contributed by atoms with Crippen LogP contribution >= 0.6 is 15.9 Å². The van der Waals surface area contributed by atoms with E-state index >= 15 is 0 Å². The maximum Gasteiger partial charge on any atom is 0.338 e. The van der Waals surface area contributed by atoms with Crippen LogP contribution in [0.2, 0.25) is 0 Å². The first-order chi connectivity index (χ1) is 12.6. The molecule has 0 aliphatic carbocycles. The van der Waals surface area contributed by atoms with E-state index in [9.17, 15) is 14.4 Å². The van der Waals surface area contributed by atoms with Crippen LogP contribution in [0.5, 0.6) is 0 Å². The monoisotopic (exact) mass is 418 g/mol. The molecule has 0 amide bonds. The number of aromatic nitrogens is 2. The zero-order valence-electron chi connectivity index (χ0n) is 13.5. The van der Waals surface area contributed by atoms with Crippen LogP contribution < -0.4 is 11.2 Å². The van der Waals surface area contributed by atoms with Gasteiger partial charge in [-0.3, -0.25) is 14.3 Å². The molecule has 134 valence electrons. The van der Waals surface area contributed by atoms with Crippen LogP contribution in [-0.4, -0.2) is 28.2 Å². The molecule has 0 radical (unpaired) electrons. The lowest BCUT2D eigenvalue weighted by molar-refractivity contribution is -0.0223. The van der Waals surface area contributed by atoms with Crippen molar-refractivity contribution in [2.24, 2.45) is 0 Å². The summed E-state index contributed by atoms with van der Waals surface area (Å²) in [5, 5.41) is 0. The van der Waals surface area contributed by atoms with Crippen molar-refractivity contribution in [2.75, 3.05) is 6.61 Å². The fourth-order valence-corrected chi connectivity index (χ4v) is 2.72. The summed E-state index contributed by atoms with van der Waals surface area (Å²) < 4.78 is 12.2. The first-order valence-electron chi connectivity index (χ1n) is 7.76. The van der Waals surface area contributed by atoms with E-state index in [1.807, 2.05) is 6.07 Å². The van der Waals surface area contributed by atoms with Crippen LogP contribution in [0.1, 0.15) is 22.1 Å². The number of halogens is 1. The lowest BCUT2D eigenvalue weighted by Crippen LogP contribution is -2.33. The Morgan fingerprint density at radius 3 is 2.77 bits per heavy atom. The normalized spacial score (nSPS) is 19.1. The number of H-pyrrole nitrogens is 1. The molecule has 1 aromatic heterocycles. The summed E-state index contributed by atoms with van der Waals surface area (Å²) in [5.41, 5.74) is -0.318. The smallest absolute Gasteiger partial charge is 0.338 e. The Hall–Kier alpha value is -2.71. The van der Waals surface area contributed by atoms with Gasteiger partial charge in [0.05, 0.1) is 11.1 Å². The highest BCUT2D eigenvalue weighted by molar-refractivity contribution is 9.11. The van der Waals surface area contributed by atoms with Crippen molar-refractivity contribution in [3.63, 3.8) is 0 Å². The minimum Gasteiger partial charge on any atom is -0.459 e. The van der Waals surface area contributed by atoms with E-state index in [4.69, 9.17) is 9.47 Å². The summed E-state index contributed by atoms with van der Waals surface area (Å²) >= 11 is 3.10. The number of benzene rings is 1. The van der Waals surface area contributed by atoms with Gasteiger partial charge in [0.25, 0.3) is 5.56 Å². The number of esters is 1. The molecule has 2 atom stereocenters. The predicted octanol–water partition coefficient (Wildman–Crippen LogP) is 2.21. The number of rotatable bonds is 5. The topological polar surface area (TPSA) is 90.4 Å². The Morgan fingerprint density at radius 1 is 1.27 bits per heavy atom. The van der Waals surface area contributed by atoms with Gasteiger partial charge in [0.15, 0.2) is 6.23 Å². The summed E-state index contributed by atoms with van der Waals surface area (Å²) in [6.45, 7) is 0.0208. The highest BCUT2D eigenvalue weighted by Gasteiger charge is 2.23. The van der Waals surface area contributed by atoms with E-state index in [0.717, 1.165) is 0 Å². The predicted molar refractivity (Wildman–Crippen MR) is 99.1 cm³/mol. The number of hydrogen-bond acceptors (Lipinski definition) is 5. The van der Waals surface area contributed by atoms with Gasteiger partial charge in [0.2, 0.25) is 0 Å². The van der Waals surface area contributed by atoms with Crippen molar-refractivity contribution in [1.29, 1.82) is 0 Å². The van der Waals surface area contributed by atoms with Gasteiger partial charge in [-0.05, 0) is 29.3 Å². The van der Waals surface area contributed by atoms with Gasteiger partial charge >= 0.3 is 11.7 Å². The van der Waals surface area contributed by atoms with Crippen LogP contribution in [0.25, 0.3) is 6.08 Å². The number of carbonyl (C=O) groups is 1. The van der Waals surface area contributed by atoms with Crippen LogP contribution in [0, 0.1) is 0 Å². The zero-order valence-corrected chi connectivity index (χ0v) is 15.1. The quantitative estimate of drug-likeness (QED) is 0.593. The number of aromatic amines is 1. The third-order valence-corrected chi connectivity index (χ3v) is 3.97. The molecule has 7 nitrogen and oxygen atoms in total. The molecule has 26 heavy (non-hydrogen) atoms. The highest BCUT2D eigenvalue weighted by Crippen LogP contribution is 2.20. The van der Waals surface area contributed by atoms with Gasteiger partial charge in [-0.2, -0.15) is 0 Å². The van der Waals surface area contributed by atoms with Crippen molar-refractivity contribution in [1.82, 2.24) is 9.55 Å². The lowest BCUT2D eigenvalue weighted by atomic mass is 10.2. The molecule has 0 fully saturated rings. The summed E-state index contributed by atoms with van der Waals surface area (Å²) in [6, 6.07) is 8.63. The summed E-state index contributed by atoms with van der Waals surface area (Å²) in [5.74, 6) is -0.447. The van der Waals surface area contributed by atoms with Gasteiger partial charge in [-0.25, -0.2) is 9.59 Å². The average molecular weight is 419 g/mol. The van der Waals surface area contributed by atoms with Crippen molar-refractivity contribution in [2.45, 2.75) is 12.3 Å². The van der Waals surface area contributed by atoms with Crippen molar-refractivity contribution >= 4 is 28.0 Å². The molecule has 1 aliphatic rings. The summed E-state index contributed by atoms with van der Waals surface area (Å²) in [6.07, 6.45) is 5.13. The Morgan fingerprint density at radius 2 is 2.04 bits per heavy atom. The Labute approximate surface area is 156 Å². The van der Waals surface area contributed by atoms with Crippen LogP contribution in [0.4, 0.5) is 0 Å². The third-order valence-electron chi connectivity index (χ3n) is 3.70. The average Bonchev–Trinajstić information content (AvgIpc) is 3.11. The molecule has 1 aliphatic heterocycles. The number of hydrogen-bond donors (Lipinski definition) is 1. The van der Waals surface area contributed by atoms with Gasteiger partial charge in [0, 0.05) is 6.20 Å². The maximum absolute atomic E-state index is 12.0. The molecule has 1 aromatic carbocycles. The zero-order chi connectivity index (χ0) is 18.5. The first-order valence-corrected chi connectivity index (χ1v) is 8.68. The highest BCUT2D eigenvalue weighted by atomic mass is 79.9. The third kappa shape index (κ3) is 4.09. The molecule has 0 spiro atoms. The molecular formula is C18H15BrN2O5. The maximum atomic E-state index is 12.0. The molecule has 0 unspecified atom stereocenters. The fourth-order valence-electron chi connectivity index (χ4n) is 2.43. The number of nitrogens with zero attached hydrogens (tertiary/aromatic N) is 1. The number of ether oxygens (including phenoxy) is 2. The van der Waals surface area contributed by atoms with E-state index < -0.39 is 29.6 Å². The minimum atomic E-state index is -0.692. The molecular weight excluding hydrogens is 404 g/mol. The Kier molecular flexibility index (Phi) is 5.65. The first kappa shape index (κ1) is 18.1. The van der Waals surface area contributed by atoms with Gasteiger partial charge in [0.1, 0.15) is 12.7 Å². The second-order valence-corrected chi connectivity index (χ2v) is 5.99. The second-order valence-electron chi connectivity index (χ2n) is 5.46. The van der Waals surface area contributed by atoms with E-state index in [0.29, 0.717) is 11.1 Å². The molecule has 0 saturated carbocycles. The SMILES string of the molecule is O=C(OC[C@@H]1C=C[C@H](n2cc(/C=C/Br)c(=O)[nH]c2=O)O1)c1ccccc1. The molecule has 8 heteroatoms. The fraction of sp³-hybridized carbons (Fsp3) is 0.167. The Balaban J connectivity index is 1.65. The summed E-state index contributed by atoms with van der Waals surface area (Å²) in [4.78, 5) is 39.4. The van der Waals surface area contributed by atoms with E-state index in [-0.39, 0.29) is 6.61 Å². The van der Waals surface area contributed by atoms with Crippen LogP contribution in [-0.2, 0) is 9.47 Å². The Bertz CT molecular complexity index is 962. The van der Waals surface area contributed by atoms with Gasteiger partial charge < -0.3 is 9.47 Å². The van der Waals surface area contributed by atoms with E-state index in [1.165, 1.54) is 21.8 Å². The van der Waals surface area contributed by atoms with Crippen molar-refractivity contribution < 1.29 is 14.3 Å². The summed E-state index contributed by atoms with van der Waals surface area (Å²) in [7, 11) is 0. The number of carbonyl (C=O) groups excluding carboxylic acids is 1. The molecule has 2 heterocycles. The van der Waals surface area contributed by atoms with Crippen molar-refractivity contribution in [3.8, 4) is 0 Å². The van der Waals surface area contributed by atoms with Gasteiger partial charge in [-0.1, -0.05) is 40.2 Å². The lowest BCUT2D eigenvalue weighted by Gasteiger charge is -2.16. The van der Waals surface area contributed by atoms with Crippen LogP contribution in [0.3, 0.4) is 0 Å². The molecule has 0 bridgehead atoms. The van der Waals surface area contributed by atoms with Gasteiger partial charge in [-0.15, -0.1) is 0 Å². The molecule has 1 N–H and O–H groups in total.